The number of rotatable bonds is 6. The third kappa shape index (κ3) is 4.39. The fourth-order valence-electron chi connectivity index (χ4n) is 3.35. The van der Waals surface area contributed by atoms with Crippen molar-refractivity contribution in [2.24, 2.45) is 0 Å². The van der Waals surface area contributed by atoms with Gasteiger partial charge in [-0.3, -0.25) is 9.59 Å². The molecule has 0 radical (unpaired) electrons. The van der Waals surface area contributed by atoms with Crippen LogP contribution in [0.4, 0.5) is 5.69 Å². The van der Waals surface area contributed by atoms with Gasteiger partial charge in [0.25, 0.3) is 5.56 Å². The highest BCUT2D eigenvalue weighted by molar-refractivity contribution is 5.90. The molecule has 0 fully saturated rings. The first-order valence-corrected chi connectivity index (χ1v) is 9.98. The summed E-state index contributed by atoms with van der Waals surface area (Å²) in [5.74, 6) is 0.472. The molecule has 8 heteroatoms. The number of aryl methyl sites for hydroxylation is 2. The first kappa shape index (κ1) is 20.5. The number of aromatic nitrogens is 4. The molecule has 0 aliphatic rings. The van der Waals surface area contributed by atoms with E-state index in [-0.39, 0.29) is 24.6 Å². The van der Waals surface area contributed by atoms with Crippen molar-refractivity contribution in [3.63, 3.8) is 0 Å². The summed E-state index contributed by atoms with van der Waals surface area (Å²) in [4.78, 5) is 29.6. The smallest absolute Gasteiger partial charge is 0.275 e. The standard InChI is InChI=1S/C23H23N5O3/c1-15-3-9-19(10-4-15)24-20(30)14-27-16(2)13-21(31)28-23(27)25-22(26-28)18-7-5-17(6-8-18)11-12-29/h3-10,13,29H,11-12,14H2,1-2H3,(H,24,30). The fourth-order valence-corrected chi connectivity index (χ4v) is 3.35. The molecule has 0 saturated carbocycles. The lowest BCUT2D eigenvalue weighted by Gasteiger charge is -2.11. The zero-order valence-electron chi connectivity index (χ0n) is 17.4. The SMILES string of the molecule is Cc1ccc(NC(=O)Cn2c(C)cc(=O)n3nc(-c4ccc(CCO)cc4)nc23)cc1. The van der Waals surface area contributed by atoms with Crippen molar-refractivity contribution in [3.8, 4) is 11.4 Å². The largest absolute Gasteiger partial charge is 0.396 e. The number of nitrogens with zero attached hydrogens (tertiary/aromatic N) is 4. The highest BCUT2D eigenvalue weighted by Crippen LogP contribution is 2.18. The van der Waals surface area contributed by atoms with Crippen LogP contribution in [0.2, 0.25) is 0 Å². The Hall–Kier alpha value is -3.78. The average Bonchev–Trinajstić information content (AvgIpc) is 3.20. The molecular weight excluding hydrogens is 394 g/mol. The lowest BCUT2D eigenvalue weighted by Crippen LogP contribution is -2.25. The molecule has 0 aliphatic carbocycles. The molecular formula is C23H23N5O3. The highest BCUT2D eigenvalue weighted by atomic mass is 16.3. The Kier molecular flexibility index (Phi) is 5.64. The molecule has 0 aliphatic heterocycles. The lowest BCUT2D eigenvalue weighted by molar-refractivity contribution is -0.116. The van der Waals surface area contributed by atoms with Crippen LogP contribution in [-0.2, 0) is 17.8 Å². The molecule has 2 aromatic heterocycles. The van der Waals surface area contributed by atoms with Crippen LogP contribution in [0.3, 0.4) is 0 Å². The molecule has 158 valence electrons. The third-order valence-corrected chi connectivity index (χ3v) is 5.05. The summed E-state index contributed by atoms with van der Waals surface area (Å²) in [7, 11) is 0. The van der Waals surface area contributed by atoms with Crippen LogP contribution in [0.15, 0.2) is 59.4 Å². The normalized spacial score (nSPS) is 11.1. The molecule has 2 N–H and O–H groups in total. The van der Waals surface area contributed by atoms with Crippen molar-refractivity contribution in [1.29, 1.82) is 0 Å². The van der Waals surface area contributed by atoms with Crippen molar-refractivity contribution >= 4 is 17.4 Å². The van der Waals surface area contributed by atoms with E-state index < -0.39 is 0 Å². The Bertz CT molecular complexity index is 1290. The summed E-state index contributed by atoms with van der Waals surface area (Å²) in [6.07, 6.45) is 0.568. The summed E-state index contributed by atoms with van der Waals surface area (Å²) < 4.78 is 2.88. The Morgan fingerprint density at radius 1 is 1.06 bits per heavy atom. The van der Waals surface area contributed by atoms with Crippen molar-refractivity contribution < 1.29 is 9.90 Å². The number of fused-ring (bicyclic) bond motifs is 1. The maximum absolute atomic E-state index is 12.6. The molecule has 0 saturated heterocycles. The van der Waals surface area contributed by atoms with Crippen molar-refractivity contribution in [2.75, 3.05) is 11.9 Å². The summed E-state index contributed by atoms with van der Waals surface area (Å²) in [5, 5.41) is 16.3. The molecule has 2 aromatic carbocycles. The van der Waals surface area contributed by atoms with Gasteiger partial charge in [0.2, 0.25) is 11.7 Å². The number of benzene rings is 2. The second kappa shape index (κ2) is 8.53. The molecule has 4 aromatic rings. The second-order valence-corrected chi connectivity index (χ2v) is 7.44. The first-order chi connectivity index (χ1) is 14.9. The third-order valence-electron chi connectivity index (χ3n) is 5.05. The number of aliphatic hydroxyl groups excluding tert-OH is 1. The van der Waals surface area contributed by atoms with Crippen LogP contribution in [0.5, 0.6) is 0 Å². The van der Waals surface area contributed by atoms with Crippen LogP contribution in [0, 0.1) is 13.8 Å². The number of carbonyl (C=O) groups is 1. The Morgan fingerprint density at radius 2 is 1.77 bits per heavy atom. The monoisotopic (exact) mass is 417 g/mol. The molecule has 0 atom stereocenters. The Labute approximate surface area is 178 Å². The zero-order valence-corrected chi connectivity index (χ0v) is 17.4. The molecule has 1 amide bonds. The van der Waals surface area contributed by atoms with E-state index in [0.29, 0.717) is 29.4 Å². The van der Waals surface area contributed by atoms with Crippen molar-refractivity contribution in [1.82, 2.24) is 19.2 Å². The van der Waals surface area contributed by atoms with E-state index in [1.54, 1.807) is 11.5 Å². The number of anilines is 1. The van der Waals surface area contributed by atoms with Crippen LogP contribution < -0.4 is 10.9 Å². The van der Waals surface area contributed by atoms with Crippen LogP contribution in [0.1, 0.15) is 16.8 Å². The van der Waals surface area contributed by atoms with E-state index in [4.69, 9.17) is 5.11 Å². The van der Waals surface area contributed by atoms with Gasteiger partial charge in [0.05, 0.1) is 0 Å². The maximum atomic E-state index is 12.6. The van der Waals surface area contributed by atoms with E-state index >= 15 is 0 Å². The highest BCUT2D eigenvalue weighted by Gasteiger charge is 2.16. The number of carbonyl (C=O) groups excluding carboxylic acids is 1. The predicted molar refractivity (Wildman–Crippen MR) is 118 cm³/mol. The Morgan fingerprint density at radius 3 is 2.45 bits per heavy atom. The lowest BCUT2D eigenvalue weighted by atomic mass is 10.1. The Balaban J connectivity index is 1.66. The second-order valence-electron chi connectivity index (χ2n) is 7.44. The molecule has 8 nitrogen and oxygen atoms in total. The van der Waals surface area contributed by atoms with Crippen molar-refractivity contribution in [2.45, 2.75) is 26.8 Å². The summed E-state index contributed by atoms with van der Waals surface area (Å²) >= 11 is 0. The van der Waals surface area contributed by atoms with E-state index in [1.807, 2.05) is 55.5 Å². The molecule has 0 bridgehead atoms. The number of nitrogens with one attached hydrogen (secondary N) is 1. The van der Waals surface area contributed by atoms with Crippen LogP contribution in [-0.4, -0.2) is 36.8 Å². The first-order valence-electron chi connectivity index (χ1n) is 9.98. The fraction of sp³-hybridized carbons (Fsp3) is 0.217. The summed E-state index contributed by atoms with van der Waals surface area (Å²) in [5.41, 5.74) is 3.87. The van der Waals surface area contributed by atoms with Gasteiger partial charge in [0, 0.05) is 29.6 Å². The van der Waals surface area contributed by atoms with E-state index in [1.165, 1.54) is 10.6 Å². The average molecular weight is 417 g/mol. The molecule has 0 spiro atoms. The van der Waals surface area contributed by atoms with Gasteiger partial charge >= 0.3 is 0 Å². The van der Waals surface area contributed by atoms with Gasteiger partial charge in [-0.15, -0.1) is 5.10 Å². The minimum absolute atomic E-state index is 0.00292. The summed E-state index contributed by atoms with van der Waals surface area (Å²) in [6.45, 7) is 3.82. The van der Waals surface area contributed by atoms with Crippen molar-refractivity contribution in [3.05, 3.63) is 81.8 Å². The molecule has 4 rings (SSSR count). The van der Waals surface area contributed by atoms with Gasteiger partial charge < -0.3 is 15.0 Å². The van der Waals surface area contributed by atoms with Gasteiger partial charge in [-0.05, 0) is 38.0 Å². The number of hydrogen-bond acceptors (Lipinski definition) is 5. The minimum Gasteiger partial charge on any atom is -0.396 e. The number of aliphatic hydroxyl groups is 1. The number of amides is 1. The molecule has 0 unspecified atom stereocenters. The van der Waals surface area contributed by atoms with Crippen LogP contribution in [0.25, 0.3) is 17.2 Å². The zero-order chi connectivity index (χ0) is 22.0. The molecule has 2 heterocycles. The molecule has 31 heavy (non-hydrogen) atoms. The van der Waals surface area contributed by atoms with Gasteiger partial charge in [-0.2, -0.15) is 9.50 Å². The maximum Gasteiger partial charge on any atom is 0.275 e. The quantitative estimate of drug-likeness (QED) is 0.501. The van der Waals surface area contributed by atoms with E-state index in [2.05, 4.69) is 15.4 Å². The van der Waals surface area contributed by atoms with Gasteiger partial charge in [-0.25, -0.2) is 0 Å². The van der Waals surface area contributed by atoms with E-state index in [0.717, 1.165) is 16.7 Å². The van der Waals surface area contributed by atoms with Crippen LogP contribution >= 0.6 is 0 Å². The minimum atomic E-state index is -0.307. The van der Waals surface area contributed by atoms with Gasteiger partial charge in [0.15, 0.2) is 5.82 Å². The topological polar surface area (TPSA) is 102 Å². The van der Waals surface area contributed by atoms with E-state index in [9.17, 15) is 9.59 Å². The number of hydrogen-bond donors (Lipinski definition) is 2. The van der Waals surface area contributed by atoms with Gasteiger partial charge in [-0.1, -0.05) is 42.0 Å². The van der Waals surface area contributed by atoms with Gasteiger partial charge in [0.1, 0.15) is 6.54 Å². The summed E-state index contributed by atoms with van der Waals surface area (Å²) in [6, 6.07) is 16.5. The predicted octanol–water partition coefficient (Wildman–Crippen LogP) is 2.35.